The number of aromatic nitrogens is 4. The van der Waals surface area contributed by atoms with Gasteiger partial charge >= 0.3 is 0 Å². The van der Waals surface area contributed by atoms with E-state index in [0.717, 1.165) is 66.6 Å². The second kappa shape index (κ2) is 10.4. The monoisotopic (exact) mass is 519 g/mol. The van der Waals surface area contributed by atoms with Gasteiger partial charge in [0.2, 0.25) is 10.0 Å². The predicted octanol–water partition coefficient (Wildman–Crippen LogP) is 4.84. The molecule has 0 saturated carbocycles. The van der Waals surface area contributed by atoms with Crippen molar-refractivity contribution in [1.82, 2.24) is 23.6 Å². The van der Waals surface area contributed by atoms with Crippen molar-refractivity contribution in [3.05, 3.63) is 72.8 Å². The van der Waals surface area contributed by atoms with E-state index in [4.69, 9.17) is 4.74 Å². The lowest BCUT2D eigenvalue weighted by molar-refractivity contribution is -0.0394. The molecule has 0 radical (unpaired) electrons. The van der Waals surface area contributed by atoms with Gasteiger partial charge in [-0.25, -0.2) is 22.4 Å². The van der Waals surface area contributed by atoms with Gasteiger partial charge in [0, 0.05) is 38.0 Å². The number of imidazole rings is 1. The molecular formula is C28H33N5O3S. The first-order valence-electron chi connectivity index (χ1n) is 13.2. The molecule has 6 rings (SSSR count). The Morgan fingerprint density at radius 2 is 1.81 bits per heavy atom. The summed E-state index contributed by atoms with van der Waals surface area (Å²) in [5, 5.41) is 4.54. The summed E-state index contributed by atoms with van der Waals surface area (Å²) in [4.78, 5) is 4.67. The van der Waals surface area contributed by atoms with Crippen LogP contribution in [0.1, 0.15) is 43.9 Å². The van der Waals surface area contributed by atoms with Crippen molar-refractivity contribution >= 4 is 21.1 Å². The average molecular weight is 520 g/mol. The molecule has 0 bridgehead atoms. The van der Waals surface area contributed by atoms with Crippen LogP contribution in [0.15, 0.2) is 67.3 Å². The lowest BCUT2D eigenvalue weighted by atomic mass is 9.98. The molecule has 8 nitrogen and oxygen atoms in total. The molecule has 1 unspecified atom stereocenters. The van der Waals surface area contributed by atoms with Gasteiger partial charge in [0.05, 0.1) is 29.3 Å². The van der Waals surface area contributed by atoms with Crippen LogP contribution in [0.5, 0.6) is 0 Å². The van der Waals surface area contributed by atoms with E-state index < -0.39 is 10.0 Å². The first-order chi connectivity index (χ1) is 18.0. The maximum absolute atomic E-state index is 12.9. The highest BCUT2D eigenvalue weighted by atomic mass is 32.2. The third kappa shape index (κ3) is 5.35. The highest BCUT2D eigenvalue weighted by Gasteiger charge is 2.28. The van der Waals surface area contributed by atoms with Gasteiger partial charge in [-0.05, 0) is 61.3 Å². The van der Waals surface area contributed by atoms with Crippen LogP contribution in [0, 0.1) is 5.92 Å². The van der Waals surface area contributed by atoms with Crippen LogP contribution in [0.3, 0.4) is 0 Å². The largest absolute Gasteiger partial charge is 0.357 e. The molecule has 4 aromatic rings. The molecule has 4 heterocycles. The molecule has 0 amide bonds. The van der Waals surface area contributed by atoms with Crippen LogP contribution in [0.4, 0.5) is 0 Å². The Labute approximate surface area is 217 Å². The number of sulfonamides is 1. The van der Waals surface area contributed by atoms with E-state index in [9.17, 15) is 8.42 Å². The van der Waals surface area contributed by atoms with E-state index in [1.165, 1.54) is 6.42 Å². The first kappa shape index (κ1) is 24.3. The third-order valence-corrected chi connectivity index (χ3v) is 9.47. The first-order valence-corrected chi connectivity index (χ1v) is 14.8. The third-order valence-electron chi connectivity index (χ3n) is 7.62. The van der Waals surface area contributed by atoms with E-state index in [1.807, 2.05) is 47.5 Å². The van der Waals surface area contributed by atoms with Crippen molar-refractivity contribution in [2.45, 2.75) is 50.6 Å². The summed E-state index contributed by atoms with van der Waals surface area (Å²) < 4.78 is 37.4. The normalized spacial score (nSPS) is 19.9. The number of nitrogens with zero attached hydrogens (tertiary/aromatic N) is 5. The van der Waals surface area contributed by atoms with E-state index >= 15 is 0 Å². The zero-order chi connectivity index (χ0) is 25.2. The number of piperidine rings is 1. The summed E-state index contributed by atoms with van der Waals surface area (Å²) in [6.07, 6.45) is 10.9. The zero-order valence-electron chi connectivity index (χ0n) is 20.9. The Kier molecular flexibility index (Phi) is 6.84. The summed E-state index contributed by atoms with van der Waals surface area (Å²) in [6, 6.07) is 15.8. The standard InChI is InChI=1S/C28H33N5O3S/c34-37(35,20-23-6-2-1-3-7-23)32-13-11-22(12-14-32)18-31-21-29-26-16-24(9-10-27(26)31)25-17-30-33(19-25)28-8-4-5-15-36-28/h1-3,6-7,9-10,16-17,19,21-22,28H,4-5,8,11-15,18,20H2. The Hall–Kier alpha value is -3.01. The number of rotatable bonds is 7. The number of ether oxygens (including phenoxy) is 1. The van der Waals surface area contributed by atoms with Gasteiger partial charge in [-0.3, -0.25) is 0 Å². The lowest BCUT2D eigenvalue weighted by Gasteiger charge is -2.31. The zero-order valence-corrected chi connectivity index (χ0v) is 21.8. The van der Waals surface area contributed by atoms with E-state index in [-0.39, 0.29) is 12.0 Å². The quantitative estimate of drug-likeness (QED) is 0.349. The van der Waals surface area contributed by atoms with Crippen molar-refractivity contribution in [1.29, 1.82) is 0 Å². The van der Waals surface area contributed by atoms with Gasteiger partial charge in [0.25, 0.3) is 0 Å². The SMILES string of the molecule is O=S(=O)(Cc1ccccc1)N1CCC(Cn2cnc3cc(-c4cnn(C5CCCCO5)c4)ccc32)CC1. The average Bonchev–Trinajstić information content (AvgIpc) is 3.58. The Balaban J connectivity index is 1.09. The van der Waals surface area contributed by atoms with E-state index in [0.29, 0.717) is 19.0 Å². The van der Waals surface area contributed by atoms with Crippen molar-refractivity contribution < 1.29 is 13.2 Å². The molecule has 194 valence electrons. The van der Waals surface area contributed by atoms with Crippen molar-refractivity contribution in [2.75, 3.05) is 19.7 Å². The topological polar surface area (TPSA) is 82.3 Å². The minimum Gasteiger partial charge on any atom is -0.357 e. The molecule has 2 fully saturated rings. The van der Waals surface area contributed by atoms with E-state index in [1.54, 1.807) is 4.31 Å². The van der Waals surface area contributed by atoms with Crippen LogP contribution >= 0.6 is 0 Å². The molecular weight excluding hydrogens is 486 g/mol. The van der Waals surface area contributed by atoms with Gasteiger partial charge in [-0.2, -0.15) is 5.10 Å². The summed E-state index contributed by atoms with van der Waals surface area (Å²) in [5.41, 5.74) is 5.06. The van der Waals surface area contributed by atoms with Crippen LogP contribution in [-0.2, 0) is 27.1 Å². The number of benzene rings is 2. The van der Waals surface area contributed by atoms with Crippen LogP contribution in [0.25, 0.3) is 22.2 Å². The van der Waals surface area contributed by atoms with Crippen molar-refractivity contribution in [3.8, 4) is 11.1 Å². The smallest absolute Gasteiger partial charge is 0.218 e. The Bertz CT molecular complexity index is 1450. The fourth-order valence-corrected chi connectivity index (χ4v) is 7.05. The summed E-state index contributed by atoms with van der Waals surface area (Å²) in [6.45, 7) is 2.79. The Morgan fingerprint density at radius 3 is 2.59 bits per heavy atom. The van der Waals surface area contributed by atoms with Gasteiger partial charge in [-0.15, -0.1) is 0 Å². The second-order valence-corrected chi connectivity index (χ2v) is 12.2. The lowest BCUT2D eigenvalue weighted by Crippen LogP contribution is -2.39. The minimum atomic E-state index is -3.29. The molecule has 0 N–H and O–H groups in total. The molecule has 2 aliphatic rings. The maximum atomic E-state index is 12.9. The summed E-state index contributed by atoms with van der Waals surface area (Å²) >= 11 is 0. The molecule has 9 heteroatoms. The van der Waals surface area contributed by atoms with Gasteiger partial charge in [-0.1, -0.05) is 36.4 Å². The molecule has 0 aliphatic carbocycles. The predicted molar refractivity (Wildman–Crippen MR) is 143 cm³/mol. The Morgan fingerprint density at radius 1 is 0.973 bits per heavy atom. The van der Waals surface area contributed by atoms with Gasteiger partial charge in [0.1, 0.15) is 6.23 Å². The van der Waals surface area contributed by atoms with E-state index in [2.05, 4.69) is 39.0 Å². The highest BCUT2D eigenvalue weighted by Crippen LogP contribution is 2.29. The molecule has 2 aromatic carbocycles. The second-order valence-electron chi connectivity index (χ2n) is 10.2. The minimum absolute atomic E-state index is 0.0326. The molecule has 37 heavy (non-hydrogen) atoms. The molecule has 1 atom stereocenters. The highest BCUT2D eigenvalue weighted by molar-refractivity contribution is 7.88. The maximum Gasteiger partial charge on any atom is 0.218 e. The number of fused-ring (bicyclic) bond motifs is 1. The van der Waals surface area contributed by atoms with Crippen molar-refractivity contribution in [3.63, 3.8) is 0 Å². The molecule has 2 saturated heterocycles. The van der Waals surface area contributed by atoms with Crippen LogP contribution in [-0.4, -0.2) is 51.8 Å². The molecule has 2 aromatic heterocycles. The fourth-order valence-electron chi connectivity index (χ4n) is 5.49. The van der Waals surface area contributed by atoms with Gasteiger partial charge < -0.3 is 9.30 Å². The van der Waals surface area contributed by atoms with Crippen LogP contribution < -0.4 is 0 Å². The summed E-state index contributed by atoms with van der Waals surface area (Å²) in [5.74, 6) is 0.494. The number of hydrogen-bond donors (Lipinski definition) is 0. The van der Waals surface area contributed by atoms with Crippen molar-refractivity contribution in [2.24, 2.45) is 5.92 Å². The van der Waals surface area contributed by atoms with Gasteiger partial charge in [0.15, 0.2) is 0 Å². The van der Waals surface area contributed by atoms with Crippen LogP contribution in [0.2, 0.25) is 0 Å². The molecule has 2 aliphatic heterocycles. The summed E-state index contributed by atoms with van der Waals surface area (Å²) in [7, 11) is -3.29. The fraction of sp³-hybridized carbons (Fsp3) is 0.429. The number of hydrogen-bond acceptors (Lipinski definition) is 5. The molecule has 0 spiro atoms.